The van der Waals surface area contributed by atoms with Crippen LogP contribution in [-0.2, 0) is 6.54 Å². The molecule has 0 saturated heterocycles. The van der Waals surface area contributed by atoms with E-state index in [4.69, 9.17) is 0 Å². The van der Waals surface area contributed by atoms with Crippen molar-refractivity contribution in [3.05, 3.63) is 84.6 Å². The van der Waals surface area contributed by atoms with Crippen molar-refractivity contribution in [2.45, 2.75) is 46.1 Å². The third kappa shape index (κ3) is 3.81. The van der Waals surface area contributed by atoms with Crippen LogP contribution in [0.4, 0.5) is 0 Å². The van der Waals surface area contributed by atoms with Crippen LogP contribution in [0, 0.1) is 6.92 Å². The number of nitrogens with zero attached hydrogens (tertiary/aromatic N) is 1. The Hall–Kier alpha value is -2.84. The molecule has 0 N–H and O–H groups in total. The second-order valence-electron chi connectivity index (χ2n) is 8.49. The lowest BCUT2D eigenvalue weighted by Gasteiger charge is -2.04. The molecule has 5 rings (SSSR count). The van der Waals surface area contributed by atoms with Gasteiger partial charge in [0.1, 0.15) is 0 Å². The molecule has 5 aromatic rings. The summed E-state index contributed by atoms with van der Waals surface area (Å²) in [5.74, 6) is 0. The molecular formula is C29H29NS. The topological polar surface area (TPSA) is 4.93 Å². The van der Waals surface area contributed by atoms with Crippen LogP contribution >= 0.6 is 11.3 Å². The van der Waals surface area contributed by atoms with Gasteiger partial charge in [0.2, 0.25) is 0 Å². The molecule has 0 atom stereocenters. The van der Waals surface area contributed by atoms with Gasteiger partial charge in [-0.05, 0) is 25.0 Å². The molecule has 2 heterocycles. The van der Waals surface area contributed by atoms with E-state index < -0.39 is 0 Å². The molecule has 0 aliphatic rings. The van der Waals surface area contributed by atoms with Gasteiger partial charge in [-0.25, -0.2) is 0 Å². The number of rotatable bonds is 7. The molecule has 1 nitrogen and oxygen atoms in total. The van der Waals surface area contributed by atoms with E-state index in [2.05, 4.69) is 97.4 Å². The van der Waals surface area contributed by atoms with Gasteiger partial charge in [0, 0.05) is 49.7 Å². The molecule has 156 valence electrons. The average Bonchev–Trinajstić information content (AvgIpc) is 3.36. The molecule has 0 unspecified atom stereocenters. The quantitative estimate of drug-likeness (QED) is 0.230. The summed E-state index contributed by atoms with van der Waals surface area (Å²) in [7, 11) is 0. The number of fused-ring (bicyclic) bond motifs is 2. The summed E-state index contributed by atoms with van der Waals surface area (Å²) in [5.41, 5.74) is 5.33. The van der Waals surface area contributed by atoms with E-state index in [0.717, 1.165) is 6.54 Å². The molecule has 0 bridgehead atoms. The van der Waals surface area contributed by atoms with Gasteiger partial charge in [-0.2, -0.15) is 0 Å². The summed E-state index contributed by atoms with van der Waals surface area (Å²) in [6.07, 6.45) is 7.54. The summed E-state index contributed by atoms with van der Waals surface area (Å²) in [6, 6.07) is 26.7. The molecule has 0 aliphatic carbocycles. The highest BCUT2D eigenvalue weighted by molar-refractivity contribution is 7.21. The van der Waals surface area contributed by atoms with Crippen molar-refractivity contribution in [2.75, 3.05) is 0 Å². The number of para-hydroxylation sites is 1. The van der Waals surface area contributed by atoms with E-state index in [1.807, 2.05) is 11.3 Å². The second kappa shape index (κ2) is 8.72. The maximum atomic E-state index is 2.47. The van der Waals surface area contributed by atoms with Gasteiger partial charge in [-0.15, -0.1) is 11.3 Å². The molecule has 0 saturated carbocycles. The van der Waals surface area contributed by atoms with Crippen LogP contribution < -0.4 is 0 Å². The minimum Gasteiger partial charge on any atom is -0.347 e. The van der Waals surface area contributed by atoms with Crippen molar-refractivity contribution in [1.82, 2.24) is 4.57 Å². The molecule has 0 aliphatic heterocycles. The summed E-state index contributed by atoms with van der Waals surface area (Å²) in [4.78, 5) is 2.75. The third-order valence-corrected chi connectivity index (χ3v) is 7.52. The number of hydrogen-bond acceptors (Lipinski definition) is 1. The van der Waals surface area contributed by atoms with Crippen LogP contribution in [0.3, 0.4) is 0 Å². The first-order chi connectivity index (χ1) is 15.3. The minimum atomic E-state index is 1.09. The smallest absolute Gasteiger partial charge is 0.0487 e. The average molecular weight is 424 g/mol. The molecular weight excluding hydrogens is 394 g/mol. The number of thiophene rings is 1. The summed E-state index contributed by atoms with van der Waals surface area (Å²) in [6.45, 7) is 5.52. The Balaban J connectivity index is 1.65. The fraction of sp³-hybridized carbons (Fsp3) is 0.241. The zero-order valence-electron chi connectivity index (χ0n) is 18.4. The Morgan fingerprint density at radius 1 is 0.710 bits per heavy atom. The van der Waals surface area contributed by atoms with Crippen molar-refractivity contribution in [1.29, 1.82) is 0 Å². The molecule has 0 spiro atoms. The zero-order valence-corrected chi connectivity index (χ0v) is 19.2. The van der Waals surface area contributed by atoms with Gasteiger partial charge in [0.15, 0.2) is 0 Å². The first kappa shape index (κ1) is 20.1. The first-order valence-corrected chi connectivity index (χ1v) is 12.2. The Kier molecular flexibility index (Phi) is 5.65. The zero-order chi connectivity index (χ0) is 21.2. The molecule has 2 aromatic heterocycles. The highest BCUT2D eigenvalue weighted by Crippen LogP contribution is 2.46. The number of benzene rings is 3. The Bertz CT molecular complexity index is 1320. The SMILES string of the molecule is CCCCCCn1cc(-c2sc(-c3ccc(C)cc3)c3ccccc23)c2ccccc21. The van der Waals surface area contributed by atoms with Crippen LogP contribution in [0.5, 0.6) is 0 Å². The van der Waals surface area contributed by atoms with E-state index in [1.54, 1.807) is 0 Å². The van der Waals surface area contributed by atoms with Gasteiger partial charge < -0.3 is 4.57 Å². The van der Waals surface area contributed by atoms with Gasteiger partial charge in [0.25, 0.3) is 0 Å². The van der Waals surface area contributed by atoms with Gasteiger partial charge in [-0.1, -0.05) is 98.5 Å². The van der Waals surface area contributed by atoms with Gasteiger partial charge >= 0.3 is 0 Å². The predicted molar refractivity (Wildman–Crippen MR) is 137 cm³/mol. The normalized spacial score (nSPS) is 11.5. The van der Waals surface area contributed by atoms with Crippen LogP contribution in [0.15, 0.2) is 79.0 Å². The Morgan fingerprint density at radius 3 is 2.13 bits per heavy atom. The molecule has 0 radical (unpaired) electrons. The molecule has 0 fully saturated rings. The van der Waals surface area contributed by atoms with Crippen molar-refractivity contribution in [2.24, 2.45) is 0 Å². The number of hydrogen-bond donors (Lipinski definition) is 0. The Labute approximate surface area is 189 Å². The molecule has 0 amide bonds. The van der Waals surface area contributed by atoms with Crippen LogP contribution in [0.2, 0.25) is 0 Å². The third-order valence-electron chi connectivity index (χ3n) is 6.22. The minimum absolute atomic E-state index is 1.09. The lowest BCUT2D eigenvalue weighted by molar-refractivity contribution is 0.594. The van der Waals surface area contributed by atoms with Crippen molar-refractivity contribution in [3.63, 3.8) is 0 Å². The highest BCUT2D eigenvalue weighted by Gasteiger charge is 2.18. The monoisotopic (exact) mass is 423 g/mol. The molecule has 31 heavy (non-hydrogen) atoms. The highest BCUT2D eigenvalue weighted by atomic mass is 32.1. The summed E-state index contributed by atoms with van der Waals surface area (Å²) >= 11 is 1.93. The van der Waals surface area contributed by atoms with Gasteiger partial charge in [0.05, 0.1) is 0 Å². The van der Waals surface area contributed by atoms with Crippen molar-refractivity contribution < 1.29 is 0 Å². The van der Waals surface area contributed by atoms with Crippen molar-refractivity contribution >= 4 is 33.0 Å². The number of unbranched alkanes of at least 4 members (excludes halogenated alkanes) is 3. The predicted octanol–water partition coefficient (Wildman–Crippen LogP) is 9.08. The fourth-order valence-electron chi connectivity index (χ4n) is 4.53. The molecule has 2 heteroatoms. The standard InChI is InChI=1S/C29H29NS/c1-3-4-5-10-19-30-20-26(23-11-8-9-14-27(23)30)29-25-13-7-6-12-24(25)28(31-29)22-17-15-21(2)16-18-22/h6-9,11-18,20H,3-5,10,19H2,1-2H3. The summed E-state index contributed by atoms with van der Waals surface area (Å²) < 4.78 is 2.47. The largest absolute Gasteiger partial charge is 0.347 e. The number of aromatic nitrogens is 1. The van der Waals surface area contributed by atoms with Crippen LogP contribution in [0.25, 0.3) is 42.6 Å². The fourth-order valence-corrected chi connectivity index (χ4v) is 5.84. The molecule has 3 aromatic carbocycles. The maximum Gasteiger partial charge on any atom is 0.0487 e. The van der Waals surface area contributed by atoms with Crippen LogP contribution in [0.1, 0.15) is 38.2 Å². The lowest BCUT2D eigenvalue weighted by atomic mass is 10.0. The summed E-state index contributed by atoms with van der Waals surface area (Å²) in [5, 5.41) is 4.07. The van der Waals surface area contributed by atoms with Crippen molar-refractivity contribution in [3.8, 4) is 20.9 Å². The van der Waals surface area contributed by atoms with E-state index in [0.29, 0.717) is 0 Å². The van der Waals surface area contributed by atoms with Gasteiger partial charge in [-0.3, -0.25) is 0 Å². The lowest BCUT2D eigenvalue weighted by Crippen LogP contribution is -1.95. The van der Waals surface area contributed by atoms with E-state index >= 15 is 0 Å². The van der Waals surface area contributed by atoms with E-state index in [-0.39, 0.29) is 0 Å². The Morgan fingerprint density at radius 2 is 1.39 bits per heavy atom. The first-order valence-electron chi connectivity index (χ1n) is 11.4. The van der Waals surface area contributed by atoms with E-state index in [9.17, 15) is 0 Å². The van der Waals surface area contributed by atoms with Crippen LogP contribution in [-0.4, -0.2) is 4.57 Å². The second-order valence-corrected chi connectivity index (χ2v) is 9.51. The maximum absolute atomic E-state index is 2.47. The van der Waals surface area contributed by atoms with E-state index in [1.165, 1.54) is 73.8 Å². The number of aryl methyl sites for hydroxylation is 2.